The molecule has 0 aromatic heterocycles. The van der Waals surface area contributed by atoms with Gasteiger partial charge < -0.3 is 5.11 Å². The Hall–Kier alpha value is -1.17. The van der Waals surface area contributed by atoms with Gasteiger partial charge >= 0.3 is 12.1 Å². The molecule has 19 heavy (non-hydrogen) atoms. The summed E-state index contributed by atoms with van der Waals surface area (Å²) in [7, 11) is 0. The van der Waals surface area contributed by atoms with E-state index in [1.165, 1.54) is 0 Å². The predicted octanol–water partition coefficient (Wildman–Crippen LogP) is 4.64. The van der Waals surface area contributed by atoms with Crippen molar-refractivity contribution in [1.82, 2.24) is 0 Å². The zero-order valence-corrected chi connectivity index (χ0v) is 11.7. The third-order valence-corrected chi connectivity index (χ3v) is 3.62. The average Bonchev–Trinajstić information content (AvgIpc) is 2.26. The zero-order chi connectivity index (χ0) is 14.8. The van der Waals surface area contributed by atoms with Crippen molar-refractivity contribution in [3.8, 4) is 0 Å². The first-order valence-electron chi connectivity index (χ1n) is 5.80. The highest BCUT2D eigenvalue weighted by molar-refractivity contribution is 7.99. The van der Waals surface area contributed by atoms with E-state index in [4.69, 9.17) is 5.11 Å². The molecule has 2 nitrogen and oxygen atoms in total. The van der Waals surface area contributed by atoms with Crippen LogP contribution in [0.15, 0.2) is 17.0 Å². The van der Waals surface area contributed by atoms with Crippen LogP contribution in [0.5, 0.6) is 0 Å². The molecule has 0 spiro atoms. The summed E-state index contributed by atoms with van der Waals surface area (Å²) in [6.07, 6.45) is -4.47. The Balaban J connectivity index is 3.63. The van der Waals surface area contributed by atoms with Crippen LogP contribution in [0.4, 0.5) is 13.2 Å². The Morgan fingerprint density at radius 2 is 1.95 bits per heavy atom. The van der Waals surface area contributed by atoms with Gasteiger partial charge in [0.15, 0.2) is 0 Å². The molecule has 1 rings (SSSR count). The van der Waals surface area contributed by atoms with Gasteiger partial charge in [-0.1, -0.05) is 20.8 Å². The van der Waals surface area contributed by atoms with E-state index >= 15 is 0 Å². The molecule has 0 saturated carbocycles. The van der Waals surface area contributed by atoms with Crippen molar-refractivity contribution in [3.63, 3.8) is 0 Å². The molecule has 0 aliphatic carbocycles. The molecule has 0 aliphatic rings. The molecule has 1 N–H and O–H groups in total. The number of rotatable bonds is 4. The summed E-state index contributed by atoms with van der Waals surface area (Å²) in [6, 6.07) is 1.90. The molecular weight excluding hydrogens is 277 g/mol. The van der Waals surface area contributed by atoms with Crippen LogP contribution in [0.3, 0.4) is 0 Å². The van der Waals surface area contributed by atoms with Gasteiger partial charge in [-0.05, 0) is 29.4 Å². The molecule has 0 heterocycles. The minimum Gasteiger partial charge on any atom is -0.478 e. The number of carboxylic acid groups (broad SMARTS) is 1. The molecule has 0 aliphatic heterocycles. The lowest BCUT2D eigenvalue weighted by molar-refractivity contribution is -0.139. The van der Waals surface area contributed by atoms with E-state index in [1.807, 2.05) is 0 Å². The van der Waals surface area contributed by atoms with Crippen molar-refractivity contribution in [2.45, 2.75) is 37.8 Å². The van der Waals surface area contributed by atoms with Gasteiger partial charge in [0.1, 0.15) is 0 Å². The predicted molar refractivity (Wildman–Crippen MR) is 68.9 cm³/mol. The van der Waals surface area contributed by atoms with Crippen LogP contribution in [0, 0.1) is 0 Å². The summed E-state index contributed by atoms with van der Waals surface area (Å²) < 4.78 is 39.0. The number of aromatic carboxylic acids is 1. The zero-order valence-electron chi connectivity index (χ0n) is 10.8. The molecule has 0 fully saturated rings. The fourth-order valence-electron chi connectivity index (χ4n) is 1.88. The van der Waals surface area contributed by atoms with Gasteiger partial charge in [-0.15, -0.1) is 11.8 Å². The third-order valence-electron chi connectivity index (χ3n) is 2.60. The van der Waals surface area contributed by atoms with E-state index in [1.54, 1.807) is 20.8 Å². The largest absolute Gasteiger partial charge is 0.478 e. The molecule has 0 unspecified atom stereocenters. The first-order chi connectivity index (χ1) is 8.70. The lowest BCUT2D eigenvalue weighted by Crippen LogP contribution is -2.13. The topological polar surface area (TPSA) is 37.3 Å². The number of hydrogen-bond acceptors (Lipinski definition) is 2. The highest BCUT2D eigenvalue weighted by Gasteiger charge is 2.36. The number of hydrogen-bond donors (Lipinski definition) is 1. The van der Waals surface area contributed by atoms with E-state index in [0.29, 0.717) is 5.75 Å². The minimum atomic E-state index is -4.47. The molecule has 1 aromatic rings. The second-order valence-electron chi connectivity index (χ2n) is 4.29. The quantitative estimate of drug-likeness (QED) is 0.821. The molecule has 0 amide bonds. The Morgan fingerprint density at radius 1 is 1.37 bits per heavy atom. The van der Waals surface area contributed by atoms with Crippen molar-refractivity contribution in [1.29, 1.82) is 0 Å². The van der Waals surface area contributed by atoms with E-state index < -0.39 is 17.7 Å². The van der Waals surface area contributed by atoms with Gasteiger partial charge in [0.2, 0.25) is 0 Å². The highest BCUT2D eigenvalue weighted by Crippen LogP contribution is 2.42. The van der Waals surface area contributed by atoms with Crippen LogP contribution < -0.4 is 0 Å². The van der Waals surface area contributed by atoms with Crippen LogP contribution in [0.1, 0.15) is 48.2 Å². The monoisotopic (exact) mass is 292 g/mol. The number of thioether (sulfide) groups is 1. The second kappa shape index (κ2) is 5.86. The second-order valence-corrected chi connectivity index (χ2v) is 5.57. The van der Waals surface area contributed by atoms with Crippen molar-refractivity contribution in [2.24, 2.45) is 0 Å². The third kappa shape index (κ3) is 3.43. The maximum absolute atomic E-state index is 13.0. The summed E-state index contributed by atoms with van der Waals surface area (Å²) in [5.41, 5.74) is -0.554. The van der Waals surface area contributed by atoms with Gasteiger partial charge in [-0.3, -0.25) is 0 Å². The van der Waals surface area contributed by atoms with Crippen molar-refractivity contribution in [3.05, 3.63) is 28.8 Å². The summed E-state index contributed by atoms with van der Waals surface area (Å²) in [4.78, 5) is 11.2. The molecule has 0 saturated heterocycles. The highest BCUT2D eigenvalue weighted by atomic mass is 32.2. The summed E-state index contributed by atoms with van der Waals surface area (Å²) in [5.74, 6) is -1.04. The Labute approximate surface area is 114 Å². The van der Waals surface area contributed by atoms with E-state index in [2.05, 4.69) is 0 Å². The van der Waals surface area contributed by atoms with E-state index in [9.17, 15) is 18.0 Å². The summed E-state index contributed by atoms with van der Waals surface area (Å²) in [5, 5.41) is 9.11. The standard InChI is InChI=1S/C13H15F3O2S/c1-4-19-11-9(13(14,15)16)6-5-8(12(17)18)10(11)7(2)3/h5-7H,4H2,1-3H3,(H,17,18). The first-order valence-corrected chi connectivity index (χ1v) is 6.78. The number of benzene rings is 1. The number of carbonyl (C=O) groups is 1. The molecule has 1 aromatic carbocycles. The van der Waals surface area contributed by atoms with Crippen LogP contribution in [-0.2, 0) is 6.18 Å². The Morgan fingerprint density at radius 3 is 2.32 bits per heavy atom. The molecule has 106 valence electrons. The molecule has 0 atom stereocenters. The normalized spacial score (nSPS) is 11.9. The van der Waals surface area contributed by atoms with Gasteiger partial charge in [-0.2, -0.15) is 13.2 Å². The van der Waals surface area contributed by atoms with Gasteiger partial charge in [0, 0.05) is 4.90 Å². The van der Waals surface area contributed by atoms with E-state index in [-0.39, 0.29) is 21.9 Å². The molecular formula is C13H15F3O2S. The lowest BCUT2D eigenvalue weighted by Gasteiger charge is -2.20. The Kier molecular flexibility index (Phi) is 4.90. The van der Waals surface area contributed by atoms with Crippen LogP contribution in [-0.4, -0.2) is 16.8 Å². The van der Waals surface area contributed by atoms with Crippen molar-refractivity contribution >= 4 is 17.7 Å². The molecule has 0 radical (unpaired) electrons. The maximum Gasteiger partial charge on any atom is 0.417 e. The van der Waals surface area contributed by atoms with Crippen molar-refractivity contribution < 1.29 is 23.1 Å². The minimum absolute atomic E-state index is 0.0323. The fourth-order valence-corrected chi connectivity index (χ4v) is 3.01. The number of alkyl halides is 3. The molecule has 6 heteroatoms. The van der Waals surface area contributed by atoms with Gasteiger partial charge in [0.05, 0.1) is 11.1 Å². The number of carboxylic acids is 1. The first kappa shape index (κ1) is 15.9. The average molecular weight is 292 g/mol. The smallest absolute Gasteiger partial charge is 0.417 e. The van der Waals surface area contributed by atoms with Gasteiger partial charge in [-0.25, -0.2) is 4.79 Å². The van der Waals surface area contributed by atoms with Crippen molar-refractivity contribution in [2.75, 3.05) is 5.75 Å². The SMILES string of the molecule is CCSc1c(C(F)(F)F)ccc(C(=O)O)c1C(C)C. The fraction of sp³-hybridized carbons (Fsp3) is 0.462. The number of halogens is 3. The van der Waals surface area contributed by atoms with Gasteiger partial charge in [0.25, 0.3) is 0 Å². The summed E-state index contributed by atoms with van der Waals surface area (Å²) in [6.45, 7) is 5.13. The molecule has 0 bridgehead atoms. The van der Waals surface area contributed by atoms with Crippen LogP contribution in [0.25, 0.3) is 0 Å². The van der Waals surface area contributed by atoms with Crippen LogP contribution in [0.2, 0.25) is 0 Å². The summed E-state index contributed by atoms with van der Waals surface area (Å²) >= 11 is 1.03. The van der Waals surface area contributed by atoms with E-state index in [0.717, 1.165) is 23.9 Å². The lowest BCUT2D eigenvalue weighted by atomic mass is 9.94. The maximum atomic E-state index is 13.0. The van der Waals surface area contributed by atoms with Crippen LogP contribution >= 0.6 is 11.8 Å². The Bertz CT molecular complexity index is 482.